The summed E-state index contributed by atoms with van der Waals surface area (Å²) in [6.07, 6.45) is 0. The first-order valence-electron chi connectivity index (χ1n) is 4.52. The molecule has 0 aromatic carbocycles. The molecule has 0 radical (unpaired) electrons. The number of thiophene rings is 1. The Kier molecular flexibility index (Phi) is 3.11. The van der Waals surface area contributed by atoms with E-state index in [9.17, 15) is 10.1 Å². The largest absolute Gasteiger partial charge is 0.433 e. The number of nitro groups is 1. The number of rotatable bonds is 3. The number of halogens is 1. The molecule has 2 aromatic heterocycles. The van der Waals surface area contributed by atoms with Crippen LogP contribution in [0.25, 0.3) is 0 Å². The van der Waals surface area contributed by atoms with Crippen LogP contribution in [0.2, 0.25) is 0 Å². The minimum atomic E-state index is -0.539. The molecule has 0 aliphatic heterocycles. The summed E-state index contributed by atoms with van der Waals surface area (Å²) in [6.45, 7) is 2.01. The van der Waals surface area contributed by atoms with Crippen LogP contribution < -0.4 is 0 Å². The SMILES string of the molecule is Cc1ccc(C(Br)c2ccc([N+](=O)[O-])o2)s1. The van der Waals surface area contributed by atoms with E-state index in [-0.39, 0.29) is 10.7 Å². The molecule has 4 nitrogen and oxygen atoms in total. The van der Waals surface area contributed by atoms with Crippen molar-refractivity contribution >= 4 is 33.2 Å². The third kappa shape index (κ3) is 2.17. The molecule has 1 unspecified atom stereocenters. The van der Waals surface area contributed by atoms with Crippen LogP contribution >= 0.6 is 27.3 Å². The lowest BCUT2D eigenvalue weighted by molar-refractivity contribution is -0.402. The van der Waals surface area contributed by atoms with E-state index < -0.39 is 4.92 Å². The van der Waals surface area contributed by atoms with Gasteiger partial charge in [0.25, 0.3) is 0 Å². The quantitative estimate of drug-likeness (QED) is 0.488. The zero-order valence-corrected chi connectivity index (χ0v) is 10.7. The van der Waals surface area contributed by atoms with Gasteiger partial charge in [0.05, 0.1) is 6.07 Å². The molecule has 6 heteroatoms. The van der Waals surface area contributed by atoms with Gasteiger partial charge in [0, 0.05) is 9.75 Å². The Morgan fingerprint density at radius 2 is 2.19 bits per heavy atom. The van der Waals surface area contributed by atoms with Crippen LogP contribution in [-0.2, 0) is 0 Å². The first-order chi connectivity index (χ1) is 7.58. The van der Waals surface area contributed by atoms with E-state index in [0.717, 1.165) is 4.88 Å². The van der Waals surface area contributed by atoms with Crippen molar-refractivity contribution < 1.29 is 9.34 Å². The molecule has 1 atom stereocenters. The predicted octanol–water partition coefficient (Wildman–Crippen LogP) is 4.04. The van der Waals surface area contributed by atoms with Crippen LogP contribution in [-0.4, -0.2) is 4.92 Å². The van der Waals surface area contributed by atoms with Crippen LogP contribution in [0.5, 0.6) is 0 Å². The van der Waals surface area contributed by atoms with Crippen LogP contribution in [0, 0.1) is 17.0 Å². The highest BCUT2D eigenvalue weighted by atomic mass is 79.9. The van der Waals surface area contributed by atoms with E-state index in [1.54, 1.807) is 17.4 Å². The summed E-state index contributed by atoms with van der Waals surface area (Å²) in [5.74, 6) is 0.321. The van der Waals surface area contributed by atoms with Gasteiger partial charge in [-0.2, -0.15) is 0 Å². The van der Waals surface area contributed by atoms with Gasteiger partial charge in [0.1, 0.15) is 15.5 Å². The first kappa shape index (κ1) is 11.3. The van der Waals surface area contributed by atoms with Gasteiger partial charge in [-0.05, 0) is 25.1 Å². The second kappa shape index (κ2) is 4.39. The predicted molar refractivity (Wildman–Crippen MR) is 65.2 cm³/mol. The van der Waals surface area contributed by atoms with Crippen LogP contribution in [0.15, 0.2) is 28.7 Å². The number of nitrogens with zero attached hydrogens (tertiary/aromatic N) is 1. The maximum Gasteiger partial charge on any atom is 0.433 e. The van der Waals surface area contributed by atoms with E-state index in [1.165, 1.54) is 10.9 Å². The fourth-order valence-electron chi connectivity index (χ4n) is 1.31. The summed E-state index contributed by atoms with van der Waals surface area (Å²) < 4.78 is 5.13. The van der Waals surface area contributed by atoms with Gasteiger partial charge < -0.3 is 4.42 Å². The lowest BCUT2D eigenvalue weighted by Crippen LogP contribution is -1.86. The molecule has 2 aromatic rings. The van der Waals surface area contributed by atoms with Gasteiger partial charge in [-0.25, -0.2) is 0 Å². The van der Waals surface area contributed by atoms with Crippen molar-refractivity contribution in [2.75, 3.05) is 0 Å². The van der Waals surface area contributed by atoms with Crippen molar-refractivity contribution in [3.05, 3.63) is 49.9 Å². The van der Waals surface area contributed by atoms with Crippen molar-refractivity contribution in [3.8, 4) is 0 Å². The monoisotopic (exact) mass is 301 g/mol. The van der Waals surface area contributed by atoms with Gasteiger partial charge in [0.15, 0.2) is 0 Å². The van der Waals surface area contributed by atoms with Gasteiger partial charge in [-0.15, -0.1) is 11.3 Å². The lowest BCUT2D eigenvalue weighted by atomic mass is 10.3. The maximum atomic E-state index is 10.5. The summed E-state index contributed by atoms with van der Waals surface area (Å²) in [7, 11) is 0. The zero-order chi connectivity index (χ0) is 11.7. The van der Waals surface area contributed by atoms with E-state index >= 15 is 0 Å². The molecule has 0 N–H and O–H groups in total. The molecule has 0 aliphatic rings. The van der Waals surface area contributed by atoms with Gasteiger partial charge in [0.2, 0.25) is 0 Å². The molecule has 0 bridgehead atoms. The highest BCUT2D eigenvalue weighted by molar-refractivity contribution is 9.09. The van der Waals surface area contributed by atoms with Gasteiger partial charge in [-0.1, -0.05) is 15.9 Å². The summed E-state index contributed by atoms with van der Waals surface area (Å²) in [6, 6.07) is 6.97. The standard InChI is InChI=1S/C10H8BrNO3S/c1-6-2-4-8(16-6)10(11)7-3-5-9(15-7)12(13)14/h2-5,10H,1H3. The first-order valence-corrected chi connectivity index (χ1v) is 6.25. The van der Waals surface area contributed by atoms with E-state index in [1.807, 2.05) is 19.1 Å². The fraction of sp³-hybridized carbons (Fsp3) is 0.200. The second-order valence-corrected chi connectivity index (χ2v) is 5.48. The highest BCUT2D eigenvalue weighted by Gasteiger charge is 2.19. The van der Waals surface area contributed by atoms with Gasteiger partial charge >= 0.3 is 5.88 Å². The van der Waals surface area contributed by atoms with Crippen LogP contribution in [0.3, 0.4) is 0 Å². The Morgan fingerprint density at radius 3 is 2.69 bits per heavy atom. The molecule has 0 saturated heterocycles. The lowest BCUT2D eigenvalue weighted by Gasteiger charge is -2.01. The van der Waals surface area contributed by atoms with Crippen molar-refractivity contribution in [1.82, 2.24) is 0 Å². The number of alkyl halides is 1. The molecule has 0 spiro atoms. The zero-order valence-electron chi connectivity index (χ0n) is 8.34. The molecular formula is C10H8BrNO3S. The molecule has 0 aliphatic carbocycles. The third-order valence-electron chi connectivity index (χ3n) is 2.05. The Bertz CT molecular complexity index is 520. The molecule has 0 amide bonds. The number of aryl methyl sites for hydroxylation is 1. The molecule has 16 heavy (non-hydrogen) atoms. The summed E-state index contributed by atoms with van der Waals surface area (Å²) in [5, 5.41) is 10.5. The van der Waals surface area contributed by atoms with Crippen molar-refractivity contribution in [2.24, 2.45) is 0 Å². The Balaban J connectivity index is 2.26. The fourth-order valence-corrected chi connectivity index (χ4v) is 2.85. The van der Waals surface area contributed by atoms with E-state index in [4.69, 9.17) is 4.42 Å². The van der Waals surface area contributed by atoms with Crippen molar-refractivity contribution in [1.29, 1.82) is 0 Å². The van der Waals surface area contributed by atoms with Crippen LogP contribution in [0.1, 0.15) is 20.3 Å². The van der Waals surface area contributed by atoms with E-state index in [0.29, 0.717) is 5.76 Å². The maximum absolute atomic E-state index is 10.5. The topological polar surface area (TPSA) is 56.3 Å². The Morgan fingerprint density at radius 1 is 1.44 bits per heavy atom. The average Bonchev–Trinajstić information content (AvgIpc) is 2.84. The molecule has 84 valence electrons. The highest BCUT2D eigenvalue weighted by Crippen LogP contribution is 2.36. The second-order valence-electron chi connectivity index (χ2n) is 3.24. The smallest absolute Gasteiger partial charge is 0.404 e. The molecule has 2 heterocycles. The number of hydrogen-bond acceptors (Lipinski definition) is 4. The van der Waals surface area contributed by atoms with Crippen molar-refractivity contribution in [3.63, 3.8) is 0 Å². The summed E-state index contributed by atoms with van der Waals surface area (Å²) >= 11 is 5.10. The minimum absolute atomic E-state index is 0.125. The minimum Gasteiger partial charge on any atom is -0.404 e. The van der Waals surface area contributed by atoms with Crippen molar-refractivity contribution in [2.45, 2.75) is 11.8 Å². The Hall–Kier alpha value is -1.14. The molecule has 2 rings (SSSR count). The Labute approximate surface area is 104 Å². The molecule has 0 saturated carbocycles. The normalized spacial score (nSPS) is 12.6. The molecular weight excluding hydrogens is 294 g/mol. The van der Waals surface area contributed by atoms with E-state index in [2.05, 4.69) is 15.9 Å². The van der Waals surface area contributed by atoms with Crippen LogP contribution in [0.4, 0.5) is 5.88 Å². The number of furan rings is 1. The molecule has 0 fully saturated rings. The summed E-state index contributed by atoms with van der Waals surface area (Å²) in [5.41, 5.74) is 0. The third-order valence-corrected chi connectivity index (χ3v) is 4.37. The average molecular weight is 302 g/mol. The van der Waals surface area contributed by atoms with Gasteiger partial charge in [-0.3, -0.25) is 10.1 Å². The summed E-state index contributed by atoms with van der Waals surface area (Å²) in [4.78, 5) is 12.1. The number of hydrogen-bond donors (Lipinski definition) is 0.